The Labute approximate surface area is 118 Å². The summed E-state index contributed by atoms with van der Waals surface area (Å²) >= 11 is 1.50. The van der Waals surface area contributed by atoms with Gasteiger partial charge < -0.3 is 4.74 Å². The van der Waals surface area contributed by atoms with Crippen LogP contribution in [0.2, 0.25) is 0 Å². The Kier molecular flexibility index (Phi) is 4.05. The summed E-state index contributed by atoms with van der Waals surface area (Å²) in [5.74, 6) is 0.735. The van der Waals surface area contributed by atoms with Crippen LogP contribution in [0.25, 0.3) is 0 Å². The first kappa shape index (κ1) is 13.8. The van der Waals surface area contributed by atoms with Crippen molar-refractivity contribution in [3.8, 4) is 5.75 Å². The smallest absolute Gasteiger partial charge is 0.207 e. The van der Waals surface area contributed by atoms with Gasteiger partial charge in [0.25, 0.3) is 0 Å². The van der Waals surface area contributed by atoms with E-state index in [1.807, 2.05) is 37.4 Å². The molecule has 0 unspecified atom stereocenters. The van der Waals surface area contributed by atoms with Gasteiger partial charge in [0, 0.05) is 0 Å². The Morgan fingerprint density at radius 1 is 1.32 bits per heavy atom. The van der Waals surface area contributed by atoms with Crippen molar-refractivity contribution in [1.29, 1.82) is 0 Å². The van der Waals surface area contributed by atoms with Gasteiger partial charge in [0.15, 0.2) is 0 Å². The molecule has 1 aromatic heterocycles. The first-order chi connectivity index (χ1) is 9.08. The number of carbonyl (C=O) groups excluding carboxylic acids is 1. The van der Waals surface area contributed by atoms with Crippen LogP contribution in [0.5, 0.6) is 5.75 Å². The van der Waals surface area contributed by atoms with Gasteiger partial charge in [-0.3, -0.25) is 4.79 Å². The van der Waals surface area contributed by atoms with Crippen molar-refractivity contribution in [1.82, 2.24) is 0 Å². The number of rotatable bonds is 4. The molecule has 19 heavy (non-hydrogen) atoms. The van der Waals surface area contributed by atoms with Gasteiger partial charge in [0.1, 0.15) is 5.75 Å². The summed E-state index contributed by atoms with van der Waals surface area (Å²) in [5, 5.41) is 1.97. The summed E-state index contributed by atoms with van der Waals surface area (Å²) in [6.45, 7) is 6.03. The third-order valence-electron chi connectivity index (χ3n) is 3.22. The molecule has 0 aliphatic carbocycles. The van der Waals surface area contributed by atoms with Crippen LogP contribution in [0.15, 0.2) is 23.6 Å². The van der Waals surface area contributed by atoms with Crippen molar-refractivity contribution < 1.29 is 9.53 Å². The number of benzene rings is 1. The number of hydrogen-bond donors (Lipinski definition) is 0. The molecule has 0 bridgehead atoms. The van der Waals surface area contributed by atoms with E-state index in [2.05, 4.69) is 6.92 Å². The average molecular weight is 274 g/mol. The van der Waals surface area contributed by atoms with Gasteiger partial charge in [-0.2, -0.15) is 0 Å². The SMILES string of the molecule is CCc1ccsc1C(=O)c1c(C)cc(C)cc1OC. The molecule has 0 aliphatic heterocycles. The predicted molar refractivity (Wildman–Crippen MR) is 79.6 cm³/mol. The Morgan fingerprint density at radius 2 is 2.05 bits per heavy atom. The molecular formula is C16H18O2S. The fourth-order valence-corrected chi connectivity index (χ4v) is 3.25. The minimum absolute atomic E-state index is 0.0706. The minimum Gasteiger partial charge on any atom is -0.496 e. The lowest BCUT2D eigenvalue weighted by Crippen LogP contribution is -2.07. The lowest BCUT2D eigenvalue weighted by Gasteiger charge is -2.12. The summed E-state index contributed by atoms with van der Waals surface area (Å²) in [4.78, 5) is 13.6. The second-order valence-electron chi connectivity index (χ2n) is 4.62. The minimum atomic E-state index is 0.0706. The van der Waals surface area contributed by atoms with Crippen LogP contribution in [-0.4, -0.2) is 12.9 Å². The molecule has 0 aliphatic rings. The van der Waals surface area contributed by atoms with Gasteiger partial charge in [-0.1, -0.05) is 13.0 Å². The molecule has 0 fully saturated rings. The predicted octanol–water partition coefficient (Wildman–Crippen LogP) is 4.17. The van der Waals surface area contributed by atoms with Gasteiger partial charge in [-0.25, -0.2) is 0 Å². The maximum atomic E-state index is 12.7. The average Bonchev–Trinajstić information content (AvgIpc) is 2.85. The molecule has 2 aromatic rings. The highest BCUT2D eigenvalue weighted by molar-refractivity contribution is 7.12. The molecule has 0 atom stereocenters. The Morgan fingerprint density at radius 3 is 2.68 bits per heavy atom. The van der Waals surface area contributed by atoms with Gasteiger partial charge in [0.05, 0.1) is 17.6 Å². The van der Waals surface area contributed by atoms with Crippen LogP contribution in [0, 0.1) is 13.8 Å². The number of carbonyl (C=O) groups is 1. The first-order valence-corrected chi connectivity index (χ1v) is 7.22. The zero-order chi connectivity index (χ0) is 14.0. The maximum absolute atomic E-state index is 12.7. The standard InChI is InChI=1S/C16H18O2S/c1-5-12-6-7-19-16(12)15(17)14-11(3)8-10(2)9-13(14)18-4/h6-9H,5H2,1-4H3. The third kappa shape index (κ3) is 2.56. The van der Waals surface area contributed by atoms with E-state index in [0.29, 0.717) is 11.3 Å². The number of ether oxygens (including phenoxy) is 1. The zero-order valence-corrected chi connectivity index (χ0v) is 12.6. The fourth-order valence-electron chi connectivity index (χ4n) is 2.31. The van der Waals surface area contributed by atoms with E-state index < -0.39 is 0 Å². The second-order valence-corrected chi connectivity index (χ2v) is 5.53. The van der Waals surface area contributed by atoms with Crippen molar-refractivity contribution in [2.75, 3.05) is 7.11 Å². The molecule has 0 saturated carbocycles. The summed E-state index contributed by atoms with van der Waals surface area (Å²) in [6, 6.07) is 5.96. The number of ketones is 1. The van der Waals surface area contributed by atoms with Crippen LogP contribution in [0.4, 0.5) is 0 Å². The molecule has 0 N–H and O–H groups in total. The van der Waals surface area contributed by atoms with E-state index >= 15 is 0 Å². The van der Waals surface area contributed by atoms with Gasteiger partial charge in [-0.15, -0.1) is 11.3 Å². The summed E-state index contributed by atoms with van der Waals surface area (Å²) in [5.41, 5.74) is 3.87. The van der Waals surface area contributed by atoms with E-state index in [0.717, 1.165) is 28.0 Å². The lowest BCUT2D eigenvalue weighted by molar-refractivity contribution is 0.103. The highest BCUT2D eigenvalue weighted by atomic mass is 32.1. The summed E-state index contributed by atoms with van der Waals surface area (Å²) in [6.07, 6.45) is 0.873. The molecule has 1 heterocycles. The normalized spacial score (nSPS) is 10.5. The summed E-state index contributed by atoms with van der Waals surface area (Å²) < 4.78 is 5.38. The van der Waals surface area contributed by atoms with Gasteiger partial charge in [-0.05, 0) is 54.5 Å². The summed E-state index contributed by atoms with van der Waals surface area (Å²) in [7, 11) is 1.61. The van der Waals surface area contributed by atoms with Crippen molar-refractivity contribution in [2.24, 2.45) is 0 Å². The molecule has 3 heteroatoms. The monoisotopic (exact) mass is 274 g/mol. The zero-order valence-electron chi connectivity index (χ0n) is 11.7. The number of aryl methyl sites for hydroxylation is 3. The molecule has 2 nitrogen and oxygen atoms in total. The maximum Gasteiger partial charge on any atom is 0.207 e. The first-order valence-electron chi connectivity index (χ1n) is 6.34. The van der Waals surface area contributed by atoms with Crippen molar-refractivity contribution in [3.05, 3.63) is 50.7 Å². The fraction of sp³-hybridized carbons (Fsp3) is 0.312. The number of thiophene rings is 1. The second kappa shape index (κ2) is 5.57. The molecule has 0 radical (unpaired) electrons. The van der Waals surface area contributed by atoms with Crippen LogP contribution in [0.3, 0.4) is 0 Å². The van der Waals surface area contributed by atoms with E-state index in [4.69, 9.17) is 4.74 Å². The topological polar surface area (TPSA) is 26.3 Å². The van der Waals surface area contributed by atoms with Crippen molar-refractivity contribution >= 4 is 17.1 Å². The third-order valence-corrected chi connectivity index (χ3v) is 4.18. The van der Waals surface area contributed by atoms with E-state index in [9.17, 15) is 4.79 Å². The van der Waals surface area contributed by atoms with Gasteiger partial charge in [0.2, 0.25) is 5.78 Å². The highest BCUT2D eigenvalue weighted by Crippen LogP contribution is 2.30. The van der Waals surface area contributed by atoms with E-state index in [1.54, 1.807) is 7.11 Å². The van der Waals surface area contributed by atoms with E-state index in [1.165, 1.54) is 11.3 Å². The largest absolute Gasteiger partial charge is 0.496 e. The van der Waals surface area contributed by atoms with Crippen LogP contribution >= 0.6 is 11.3 Å². The Balaban J connectivity index is 2.56. The Bertz CT molecular complexity index is 611. The molecule has 1 aromatic carbocycles. The van der Waals surface area contributed by atoms with Crippen LogP contribution in [-0.2, 0) is 6.42 Å². The lowest BCUT2D eigenvalue weighted by atomic mass is 9.98. The molecule has 0 saturated heterocycles. The Hall–Kier alpha value is -1.61. The molecular weight excluding hydrogens is 256 g/mol. The molecule has 0 amide bonds. The van der Waals surface area contributed by atoms with Crippen LogP contribution < -0.4 is 4.74 Å². The quantitative estimate of drug-likeness (QED) is 0.782. The van der Waals surface area contributed by atoms with Crippen LogP contribution in [0.1, 0.15) is 38.8 Å². The molecule has 2 rings (SSSR count). The van der Waals surface area contributed by atoms with Crippen molar-refractivity contribution in [3.63, 3.8) is 0 Å². The van der Waals surface area contributed by atoms with E-state index in [-0.39, 0.29) is 5.78 Å². The highest BCUT2D eigenvalue weighted by Gasteiger charge is 2.20. The number of hydrogen-bond acceptors (Lipinski definition) is 3. The van der Waals surface area contributed by atoms with Gasteiger partial charge >= 0.3 is 0 Å². The molecule has 0 spiro atoms. The molecule has 100 valence electrons. The van der Waals surface area contributed by atoms with Crippen molar-refractivity contribution in [2.45, 2.75) is 27.2 Å². The number of methoxy groups -OCH3 is 1.